The first kappa shape index (κ1) is 16.3. The van der Waals surface area contributed by atoms with Crippen molar-refractivity contribution in [2.75, 3.05) is 38.5 Å². The van der Waals surface area contributed by atoms with Crippen LogP contribution >= 0.6 is 0 Å². The van der Waals surface area contributed by atoms with Crippen LogP contribution in [0.15, 0.2) is 30.5 Å². The van der Waals surface area contributed by atoms with E-state index in [9.17, 15) is 13.6 Å². The summed E-state index contributed by atoms with van der Waals surface area (Å²) in [7, 11) is 2.00. The summed E-state index contributed by atoms with van der Waals surface area (Å²) in [5, 5.41) is 2.49. The second-order valence-corrected chi connectivity index (χ2v) is 5.58. The molecule has 1 aromatic carbocycles. The largest absolute Gasteiger partial charge is 0.335 e. The van der Waals surface area contributed by atoms with E-state index >= 15 is 0 Å². The van der Waals surface area contributed by atoms with Crippen molar-refractivity contribution in [1.29, 1.82) is 0 Å². The molecular weight excluding hydrogens is 316 g/mol. The summed E-state index contributed by atoms with van der Waals surface area (Å²) in [5.74, 6) is -1.76. The highest BCUT2D eigenvalue weighted by atomic mass is 19.1. The molecule has 0 bridgehead atoms. The predicted molar refractivity (Wildman–Crippen MR) is 85.1 cm³/mol. The van der Waals surface area contributed by atoms with Crippen LogP contribution in [-0.4, -0.2) is 58.9 Å². The lowest BCUT2D eigenvalue weighted by Gasteiger charge is -2.32. The van der Waals surface area contributed by atoms with Crippen LogP contribution in [0.1, 0.15) is 10.5 Å². The number of carbonyl (C=O) groups excluding carboxylic acids is 1. The SMILES string of the molecule is CN1CCN(C(=O)c2ccnc(Nc3c(F)cccc3F)n2)CC1. The van der Waals surface area contributed by atoms with Gasteiger partial charge in [0.1, 0.15) is 23.0 Å². The maximum Gasteiger partial charge on any atom is 0.272 e. The van der Waals surface area contributed by atoms with Crippen LogP contribution in [0, 0.1) is 11.6 Å². The molecule has 1 fully saturated rings. The summed E-state index contributed by atoms with van der Waals surface area (Å²) in [6.45, 7) is 2.82. The van der Waals surface area contributed by atoms with Gasteiger partial charge in [0.15, 0.2) is 0 Å². The zero-order valence-corrected chi connectivity index (χ0v) is 13.2. The molecule has 2 aromatic rings. The van der Waals surface area contributed by atoms with E-state index in [1.54, 1.807) is 4.90 Å². The molecule has 6 nitrogen and oxygen atoms in total. The van der Waals surface area contributed by atoms with Gasteiger partial charge in [-0.05, 0) is 25.2 Å². The van der Waals surface area contributed by atoms with E-state index in [1.165, 1.54) is 18.3 Å². The zero-order chi connectivity index (χ0) is 17.1. The average molecular weight is 333 g/mol. The van der Waals surface area contributed by atoms with E-state index in [0.29, 0.717) is 13.1 Å². The number of aromatic nitrogens is 2. The molecule has 8 heteroatoms. The summed E-state index contributed by atoms with van der Waals surface area (Å²) < 4.78 is 27.4. The highest BCUT2D eigenvalue weighted by molar-refractivity contribution is 5.92. The van der Waals surface area contributed by atoms with Crippen molar-refractivity contribution < 1.29 is 13.6 Å². The average Bonchev–Trinajstić information content (AvgIpc) is 2.59. The topological polar surface area (TPSA) is 61.4 Å². The molecule has 0 atom stereocenters. The molecule has 0 saturated carbocycles. The van der Waals surface area contributed by atoms with Gasteiger partial charge in [-0.3, -0.25) is 4.79 Å². The van der Waals surface area contributed by atoms with E-state index in [2.05, 4.69) is 20.2 Å². The van der Waals surface area contributed by atoms with Crippen molar-refractivity contribution in [1.82, 2.24) is 19.8 Å². The minimum Gasteiger partial charge on any atom is -0.335 e. The number of para-hydroxylation sites is 1. The molecule has 0 aliphatic carbocycles. The maximum absolute atomic E-state index is 13.7. The van der Waals surface area contributed by atoms with E-state index in [-0.39, 0.29) is 23.2 Å². The van der Waals surface area contributed by atoms with Gasteiger partial charge in [-0.2, -0.15) is 0 Å². The van der Waals surface area contributed by atoms with Gasteiger partial charge in [-0.25, -0.2) is 18.7 Å². The monoisotopic (exact) mass is 333 g/mol. The third-order valence-electron chi connectivity index (χ3n) is 3.86. The lowest BCUT2D eigenvalue weighted by molar-refractivity contribution is 0.0658. The number of hydrogen-bond acceptors (Lipinski definition) is 5. The van der Waals surface area contributed by atoms with Gasteiger partial charge in [0.05, 0.1) is 0 Å². The molecular formula is C16H17F2N5O. The van der Waals surface area contributed by atoms with Gasteiger partial charge < -0.3 is 15.1 Å². The zero-order valence-electron chi connectivity index (χ0n) is 13.2. The Bertz CT molecular complexity index is 727. The quantitative estimate of drug-likeness (QED) is 0.929. The number of carbonyl (C=O) groups is 1. The summed E-state index contributed by atoms with van der Waals surface area (Å²) in [6, 6.07) is 5.02. The van der Waals surface area contributed by atoms with Crippen LogP contribution in [0.2, 0.25) is 0 Å². The Morgan fingerprint density at radius 1 is 1.12 bits per heavy atom. The van der Waals surface area contributed by atoms with Crippen LogP contribution in [-0.2, 0) is 0 Å². The van der Waals surface area contributed by atoms with Crippen LogP contribution in [0.4, 0.5) is 20.4 Å². The Morgan fingerprint density at radius 3 is 2.46 bits per heavy atom. The van der Waals surface area contributed by atoms with E-state index < -0.39 is 11.6 Å². The molecule has 126 valence electrons. The van der Waals surface area contributed by atoms with Crippen LogP contribution in [0.25, 0.3) is 0 Å². The van der Waals surface area contributed by atoms with Gasteiger partial charge in [-0.15, -0.1) is 0 Å². The molecule has 1 aliphatic rings. The van der Waals surface area contributed by atoms with Crippen LogP contribution < -0.4 is 5.32 Å². The van der Waals surface area contributed by atoms with Gasteiger partial charge in [0, 0.05) is 32.4 Å². The number of likely N-dealkylation sites (N-methyl/N-ethyl adjacent to an activating group) is 1. The normalized spacial score (nSPS) is 15.4. The maximum atomic E-state index is 13.7. The lowest BCUT2D eigenvalue weighted by Crippen LogP contribution is -2.47. The van der Waals surface area contributed by atoms with Crippen molar-refractivity contribution in [3.63, 3.8) is 0 Å². The fourth-order valence-electron chi connectivity index (χ4n) is 2.44. The second-order valence-electron chi connectivity index (χ2n) is 5.58. The first-order chi connectivity index (χ1) is 11.5. The van der Waals surface area contributed by atoms with Gasteiger partial charge in [0.2, 0.25) is 5.95 Å². The third-order valence-corrected chi connectivity index (χ3v) is 3.86. The lowest BCUT2D eigenvalue weighted by atomic mass is 10.3. The van der Waals surface area contributed by atoms with E-state index in [0.717, 1.165) is 25.2 Å². The van der Waals surface area contributed by atoms with Crippen molar-refractivity contribution in [3.8, 4) is 0 Å². The van der Waals surface area contributed by atoms with Crippen LogP contribution in [0.3, 0.4) is 0 Å². The van der Waals surface area contributed by atoms with Crippen LogP contribution in [0.5, 0.6) is 0 Å². The molecule has 3 rings (SSSR count). The van der Waals surface area contributed by atoms with Crippen molar-refractivity contribution in [2.45, 2.75) is 0 Å². The molecule has 1 saturated heterocycles. The minimum absolute atomic E-state index is 0.0287. The predicted octanol–water partition coefficient (Wildman–Crippen LogP) is 1.89. The summed E-state index contributed by atoms with van der Waals surface area (Å²) >= 11 is 0. The Labute approximate surface area is 138 Å². The van der Waals surface area contributed by atoms with E-state index in [1.807, 2.05) is 7.05 Å². The highest BCUT2D eigenvalue weighted by Gasteiger charge is 2.22. The fourth-order valence-corrected chi connectivity index (χ4v) is 2.44. The summed E-state index contributed by atoms with van der Waals surface area (Å²) in [4.78, 5) is 24.3. The van der Waals surface area contributed by atoms with Gasteiger partial charge in [-0.1, -0.05) is 6.07 Å². The second kappa shape index (κ2) is 6.88. The third kappa shape index (κ3) is 3.48. The molecule has 0 unspecified atom stereocenters. The molecule has 0 radical (unpaired) electrons. The molecule has 1 aliphatic heterocycles. The number of hydrogen-bond donors (Lipinski definition) is 1. The highest BCUT2D eigenvalue weighted by Crippen LogP contribution is 2.21. The number of benzene rings is 1. The number of halogens is 2. The number of amides is 1. The Kier molecular flexibility index (Phi) is 4.66. The van der Waals surface area contributed by atoms with Crippen molar-refractivity contribution >= 4 is 17.5 Å². The molecule has 1 aromatic heterocycles. The molecule has 2 heterocycles. The number of piperazine rings is 1. The molecule has 1 N–H and O–H groups in total. The number of rotatable bonds is 3. The van der Waals surface area contributed by atoms with Gasteiger partial charge >= 0.3 is 0 Å². The first-order valence-electron chi connectivity index (χ1n) is 7.56. The summed E-state index contributed by atoms with van der Waals surface area (Å²) in [5.41, 5.74) is -0.157. The van der Waals surface area contributed by atoms with Crippen molar-refractivity contribution in [2.24, 2.45) is 0 Å². The number of anilines is 2. The molecule has 1 amide bonds. The smallest absolute Gasteiger partial charge is 0.272 e. The number of nitrogens with one attached hydrogen (secondary N) is 1. The number of nitrogens with zero attached hydrogens (tertiary/aromatic N) is 4. The standard InChI is InChI=1S/C16H17F2N5O/c1-22-7-9-23(10-8-22)15(24)13-5-6-19-16(20-13)21-14-11(17)3-2-4-12(14)18/h2-6H,7-10H2,1H3,(H,19,20,21). The minimum atomic E-state index is -0.755. The summed E-state index contributed by atoms with van der Waals surface area (Å²) in [6.07, 6.45) is 1.39. The Hall–Kier alpha value is -2.61. The molecule has 0 spiro atoms. The Balaban J connectivity index is 1.78. The van der Waals surface area contributed by atoms with Gasteiger partial charge in [0.25, 0.3) is 5.91 Å². The van der Waals surface area contributed by atoms with Crippen molar-refractivity contribution in [3.05, 3.63) is 47.8 Å². The fraction of sp³-hybridized carbons (Fsp3) is 0.312. The van der Waals surface area contributed by atoms with E-state index in [4.69, 9.17) is 0 Å². The molecule has 24 heavy (non-hydrogen) atoms. The Morgan fingerprint density at radius 2 is 1.79 bits per heavy atom. The first-order valence-corrected chi connectivity index (χ1v) is 7.56.